The van der Waals surface area contributed by atoms with Crippen molar-refractivity contribution in [2.75, 3.05) is 0 Å². The monoisotopic (exact) mass is 214 g/mol. The smallest absolute Gasteiger partial charge is 0.200 e. The molecule has 2 aromatic rings. The number of nitrogens with zero attached hydrogens (tertiary/aromatic N) is 6. The van der Waals surface area contributed by atoms with Crippen molar-refractivity contribution in [3.63, 3.8) is 0 Å². The van der Waals surface area contributed by atoms with E-state index in [9.17, 15) is 0 Å². The van der Waals surface area contributed by atoms with E-state index in [2.05, 4.69) is 26.6 Å². The summed E-state index contributed by atoms with van der Waals surface area (Å²) in [6.45, 7) is 0.631. The molecule has 0 radical (unpaired) electrons. The van der Waals surface area contributed by atoms with Gasteiger partial charge in [-0.3, -0.25) is 4.98 Å². The Labute approximate surface area is 92.5 Å². The van der Waals surface area contributed by atoms with Crippen LogP contribution < -0.4 is 0 Å². The van der Waals surface area contributed by atoms with E-state index < -0.39 is 0 Å². The van der Waals surface area contributed by atoms with Crippen LogP contribution in [-0.4, -0.2) is 25.2 Å². The summed E-state index contributed by atoms with van der Waals surface area (Å²) >= 11 is 0. The zero-order valence-corrected chi connectivity index (χ0v) is 8.61. The molecule has 0 saturated heterocycles. The Bertz CT molecular complexity index is 484. The molecule has 0 amide bonds. The summed E-state index contributed by atoms with van der Waals surface area (Å²) in [7, 11) is 0. The molecule has 0 fully saturated rings. The van der Waals surface area contributed by atoms with Crippen LogP contribution in [0.2, 0.25) is 0 Å². The molecule has 6 nitrogen and oxygen atoms in total. The van der Waals surface area contributed by atoms with E-state index in [1.807, 2.05) is 18.2 Å². The number of aryl methyl sites for hydroxylation is 1. The second kappa shape index (κ2) is 4.98. The third kappa shape index (κ3) is 2.20. The first-order valence-corrected chi connectivity index (χ1v) is 4.96. The van der Waals surface area contributed by atoms with Gasteiger partial charge >= 0.3 is 0 Å². The molecule has 0 aliphatic carbocycles. The van der Waals surface area contributed by atoms with Crippen molar-refractivity contribution in [1.29, 1.82) is 5.26 Å². The Morgan fingerprint density at radius 2 is 2.31 bits per heavy atom. The summed E-state index contributed by atoms with van der Waals surface area (Å²) in [5, 5.41) is 19.9. The van der Waals surface area contributed by atoms with Crippen LogP contribution in [0.25, 0.3) is 11.5 Å². The van der Waals surface area contributed by atoms with Gasteiger partial charge in [0.2, 0.25) is 5.82 Å². The molecular formula is C10H10N6. The standard InChI is InChI=1S/C10H10N6/c11-6-2-4-8-16-10(13-14-15-16)9-5-1-3-7-12-9/h1,3,5,7H,2,4,8H2. The average Bonchev–Trinajstić information content (AvgIpc) is 2.79. The number of pyridine rings is 1. The lowest BCUT2D eigenvalue weighted by Crippen LogP contribution is -2.03. The molecule has 0 spiro atoms. The van der Waals surface area contributed by atoms with E-state index in [0.717, 1.165) is 12.1 Å². The van der Waals surface area contributed by atoms with Gasteiger partial charge in [-0.25, -0.2) is 4.68 Å². The number of hydrogen-bond acceptors (Lipinski definition) is 5. The topological polar surface area (TPSA) is 80.3 Å². The minimum Gasteiger partial charge on any atom is -0.253 e. The molecule has 0 aliphatic heterocycles. The maximum absolute atomic E-state index is 8.46. The first-order chi connectivity index (χ1) is 7.92. The molecule has 2 aromatic heterocycles. The van der Waals surface area contributed by atoms with E-state index in [1.165, 1.54) is 0 Å². The van der Waals surface area contributed by atoms with Crippen LogP contribution in [0.3, 0.4) is 0 Å². The Kier molecular flexibility index (Phi) is 3.18. The van der Waals surface area contributed by atoms with E-state index >= 15 is 0 Å². The predicted octanol–water partition coefficient (Wildman–Crippen LogP) is 1.04. The van der Waals surface area contributed by atoms with Gasteiger partial charge in [-0.2, -0.15) is 5.26 Å². The SMILES string of the molecule is N#CCCCn1nnnc1-c1ccccn1. The van der Waals surface area contributed by atoms with Crippen molar-refractivity contribution >= 4 is 0 Å². The molecule has 0 N–H and O–H groups in total. The fourth-order valence-corrected chi connectivity index (χ4v) is 1.34. The van der Waals surface area contributed by atoms with Gasteiger partial charge in [-0.05, 0) is 29.0 Å². The highest BCUT2D eigenvalue weighted by Crippen LogP contribution is 2.11. The lowest BCUT2D eigenvalue weighted by Gasteiger charge is -2.01. The fourth-order valence-electron chi connectivity index (χ4n) is 1.34. The van der Waals surface area contributed by atoms with Gasteiger partial charge in [0.15, 0.2) is 0 Å². The van der Waals surface area contributed by atoms with Crippen LogP contribution in [0.5, 0.6) is 0 Å². The summed E-state index contributed by atoms with van der Waals surface area (Å²) < 4.78 is 1.67. The van der Waals surface area contributed by atoms with Crippen LogP contribution >= 0.6 is 0 Å². The highest BCUT2D eigenvalue weighted by atomic mass is 15.5. The molecule has 0 aliphatic rings. The van der Waals surface area contributed by atoms with Gasteiger partial charge in [0.05, 0.1) is 6.07 Å². The van der Waals surface area contributed by atoms with E-state index in [0.29, 0.717) is 18.8 Å². The van der Waals surface area contributed by atoms with Crippen LogP contribution in [0.4, 0.5) is 0 Å². The second-order valence-electron chi connectivity index (χ2n) is 3.20. The van der Waals surface area contributed by atoms with Crippen molar-refractivity contribution in [2.24, 2.45) is 0 Å². The van der Waals surface area contributed by atoms with Crippen molar-refractivity contribution in [1.82, 2.24) is 25.2 Å². The summed E-state index contributed by atoms with van der Waals surface area (Å²) in [5.74, 6) is 0.638. The lowest BCUT2D eigenvalue weighted by molar-refractivity contribution is 0.568. The third-order valence-electron chi connectivity index (χ3n) is 2.08. The number of hydrogen-bond donors (Lipinski definition) is 0. The summed E-state index contributed by atoms with van der Waals surface area (Å²) in [6.07, 6.45) is 2.94. The largest absolute Gasteiger partial charge is 0.253 e. The quantitative estimate of drug-likeness (QED) is 0.710. The maximum atomic E-state index is 8.46. The number of unbranched alkanes of at least 4 members (excludes halogenated alkanes) is 1. The zero-order chi connectivity index (χ0) is 11.2. The normalized spacial score (nSPS) is 9.94. The molecular weight excluding hydrogens is 204 g/mol. The second-order valence-corrected chi connectivity index (χ2v) is 3.20. The number of nitriles is 1. The predicted molar refractivity (Wildman–Crippen MR) is 55.9 cm³/mol. The molecule has 0 unspecified atom stereocenters. The molecule has 0 bridgehead atoms. The minimum absolute atomic E-state index is 0.502. The summed E-state index contributed by atoms with van der Waals surface area (Å²) in [6, 6.07) is 7.67. The van der Waals surface area contributed by atoms with Gasteiger partial charge in [0.1, 0.15) is 5.69 Å². The van der Waals surface area contributed by atoms with Crippen LogP contribution in [0, 0.1) is 11.3 Å². The molecule has 0 saturated carbocycles. The molecule has 2 rings (SSSR count). The Hall–Kier alpha value is -2.29. The number of tetrazole rings is 1. The molecule has 6 heteroatoms. The first-order valence-electron chi connectivity index (χ1n) is 4.96. The average molecular weight is 214 g/mol. The van der Waals surface area contributed by atoms with Crippen molar-refractivity contribution in [3.8, 4) is 17.6 Å². The molecule has 2 heterocycles. The van der Waals surface area contributed by atoms with Crippen LogP contribution in [0.1, 0.15) is 12.8 Å². The maximum Gasteiger partial charge on any atom is 0.200 e. The first kappa shape index (κ1) is 10.2. The van der Waals surface area contributed by atoms with E-state index in [-0.39, 0.29) is 0 Å². The van der Waals surface area contributed by atoms with Gasteiger partial charge in [0, 0.05) is 19.2 Å². The third-order valence-corrected chi connectivity index (χ3v) is 2.08. The highest BCUT2D eigenvalue weighted by Gasteiger charge is 2.08. The fraction of sp³-hybridized carbons (Fsp3) is 0.300. The molecule has 16 heavy (non-hydrogen) atoms. The van der Waals surface area contributed by atoms with Crippen LogP contribution in [0.15, 0.2) is 24.4 Å². The van der Waals surface area contributed by atoms with Crippen LogP contribution in [-0.2, 0) is 6.54 Å². The van der Waals surface area contributed by atoms with Gasteiger partial charge in [-0.1, -0.05) is 6.07 Å². The Morgan fingerprint density at radius 3 is 3.06 bits per heavy atom. The number of aromatic nitrogens is 5. The Balaban J connectivity index is 2.17. The Morgan fingerprint density at radius 1 is 1.38 bits per heavy atom. The lowest BCUT2D eigenvalue weighted by atomic mass is 10.3. The minimum atomic E-state index is 0.502. The number of rotatable bonds is 4. The highest BCUT2D eigenvalue weighted by molar-refractivity contribution is 5.47. The summed E-state index contributed by atoms with van der Waals surface area (Å²) in [4.78, 5) is 4.18. The van der Waals surface area contributed by atoms with E-state index in [4.69, 9.17) is 5.26 Å². The molecule has 80 valence electrons. The molecule has 0 atom stereocenters. The molecule has 0 aromatic carbocycles. The van der Waals surface area contributed by atoms with E-state index in [1.54, 1.807) is 10.9 Å². The zero-order valence-electron chi connectivity index (χ0n) is 8.61. The van der Waals surface area contributed by atoms with Crippen molar-refractivity contribution in [3.05, 3.63) is 24.4 Å². The van der Waals surface area contributed by atoms with Gasteiger partial charge in [-0.15, -0.1) is 5.10 Å². The van der Waals surface area contributed by atoms with Crippen molar-refractivity contribution < 1.29 is 0 Å². The van der Waals surface area contributed by atoms with Gasteiger partial charge in [0.25, 0.3) is 0 Å². The van der Waals surface area contributed by atoms with Gasteiger partial charge < -0.3 is 0 Å². The summed E-state index contributed by atoms with van der Waals surface area (Å²) in [5.41, 5.74) is 0.740. The van der Waals surface area contributed by atoms with Crippen molar-refractivity contribution in [2.45, 2.75) is 19.4 Å².